The zero-order valence-corrected chi connectivity index (χ0v) is 20.6. The predicted octanol–water partition coefficient (Wildman–Crippen LogP) is 4.18. The van der Waals surface area contributed by atoms with Gasteiger partial charge in [-0.2, -0.15) is 0 Å². The zero-order chi connectivity index (χ0) is 25.7. The van der Waals surface area contributed by atoms with Crippen LogP contribution in [0, 0.1) is 0 Å². The van der Waals surface area contributed by atoms with Gasteiger partial charge in [-0.1, -0.05) is 26.0 Å². The van der Waals surface area contributed by atoms with Crippen LogP contribution in [0.2, 0.25) is 0 Å². The molecule has 0 spiro atoms. The van der Waals surface area contributed by atoms with Crippen LogP contribution in [0.4, 0.5) is 11.4 Å². The molecule has 3 aromatic rings. The summed E-state index contributed by atoms with van der Waals surface area (Å²) in [6.07, 6.45) is 0. The average molecular weight is 511 g/mol. The number of rotatable bonds is 8. The number of hydrogen-bond donors (Lipinski definition) is 2. The summed E-state index contributed by atoms with van der Waals surface area (Å²) in [7, 11) is -3.89. The summed E-state index contributed by atoms with van der Waals surface area (Å²) < 4.78 is 43.9. The molecule has 3 aromatic carbocycles. The van der Waals surface area contributed by atoms with Gasteiger partial charge in [-0.3, -0.25) is 9.52 Å². The Bertz CT molecular complexity index is 1350. The van der Waals surface area contributed by atoms with E-state index in [1.54, 1.807) is 18.2 Å². The standard InChI is InChI=1S/C26H26N2O7S/c1-17(2)18-3-7-20(8-4-18)27-25(29)16-35-26(30)19-5-9-21(10-6-19)28-36(31,32)22-11-12-23-24(15-22)34-14-13-33-23/h3-12,15,17,28H,13-14,16H2,1-2H3,(H,27,29). The van der Waals surface area contributed by atoms with Crippen LogP contribution in [0.1, 0.15) is 35.7 Å². The molecule has 0 unspecified atom stereocenters. The Balaban J connectivity index is 1.31. The van der Waals surface area contributed by atoms with Gasteiger partial charge < -0.3 is 19.5 Å². The molecule has 0 aromatic heterocycles. The number of ether oxygens (including phenoxy) is 3. The summed E-state index contributed by atoms with van der Waals surface area (Å²) in [6.45, 7) is 4.45. The zero-order valence-electron chi connectivity index (χ0n) is 19.8. The third kappa shape index (κ3) is 6.14. The molecule has 0 radical (unpaired) electrons. The van der Waals surface area contributed by atoms with E-state index in [1.807, 2.05) is 12.1 Å². The first-order valence-corrected chi connectivity index (χ1v) is 12.8. The van der Waals surface area contributed by atoms with Gasteiger partial charge in [-0.15, -0.1) is 0 Å². The smallest absolute Gasteiger partial charge is 0.338 e. The molecule has 10 heteroatoms. The molecular formula is C26H26N2O7S. The summed E-state index contributed by atoms with van der Waals surface area (Å²) in [5, 5.41) is 2.67. The predicted molar refractivity (Wildman–Crippen MR) is 134 cm³/mol. The van der Waals surface area contributed by atoms with Crippen molar-refractivity contribution >= 4 is 33.3 Å². The second-order valence-corrected chi connectivity index (χ2v) is 10.1. The lowest BCUT2D eigenvalue weighted by molar-refractivity contribution is -0.119. The first kappa shape index (κ1) is 25.1. The van der Waals surface area contributed by atoms with E-state index in [4.69, 9.17) is 14.2 Å². The van der Waals surface area contributed by atoms with Gasteiger partial charge in [0.15, 0.2) is 18.1 Å². The maximum Gasteiger partial charge on any atom is 0.338 e. The Morgan fingerprint density at radius 1 is 0.889 bits per heavy atom. The molecule has 0 atom stereocenters. The maximum atomic E-state index is 12.7. The minimum absolute atomic E-state index is 0.0140. The van der Waals surface area contributed by atoms with Crippen LogP contribution in [0.15, 0.2) is 71.6 Å². The highest BCUT2D eigenvalue weighted by Gasteiger charge is 2.20. The summed E-state index contributed by atoms with van der Waals surface area (Å²) in [6, 6.07) is 17.5. The summed E-state index contributed by atoms with van der Waals surface area (Å²) in [5.41, 5.74) is 2.18. The molecule has 9 nitrogen and oxygen atoms in total. The molecule has 4 rings (SSSR count). The highest BCUT2D eigenvalue weighted by Crippen LogP contribution is 2.32. The van der Waals surface area contributed by atoms with Crippen molar-refractivity contribution in [3.63, 3.8) is 0 Å². The van der Waals surface area contributed by atoms with Gasteiger partial charge in [0.05, 0.1) is 10.5 Å². The summed E-state index contributed by atoms with van der Waals surface area (Å²) >= 11 is 0. The molecule has 0 saturated carbocycles. The van der Waals surface area contributed by atoms with Crippen molar-refractivity contribution < 1.29 is 32.2 Å². The Kier molecular flexibility index (Phi) is 7.44. The fourth-order valence-corrected chi connectivity index (χ4v) is 4.52. The fourth-order valence-electron chi connectivity index (χ4n) is 3.44. The van der Waals surface area contributed by atoms with Gasteiger partial charge in [-0.25, -0.2) is 13.2 Å². The van der Waals surface area contributed by atoms with Crippen molar-refractivity contribution in [3.05, 3.63) is 77.9 Å². The number of carbonyl (C=O) groups excluding carboxylic acids is 2. The van der Waals surface area contributed by atoms with Gasteiger partial charge in [-0.05, 0) is 60.0 Å². The van der Waals surface area contributed by atoms with Crippen LogP contribution >= 0.6 is 0 Å². The van der Waals surface area contributed by atoms with E-state index >= 15 is 0 Å². The van der Waals surface area contributed by atoms with Gasteiger partial charge in [0, 0.05) is 17.4 Å². The number of carbonyl (C=O) groups is 2. The van der Waals surface area contributed by atoms with Crippen LogP contribution in [-0.2, 0) is 19.6 Å². The molecule has 1 amide bonds. The van der Waals surface area contributed by atoms with Crippen molar-refractivity contribution in [3.8, 4) is 11.5 Å². The van der Waals surface area contributed by atoms with Gasteiger partial charge in [0.25, 0.3) is 15.9 Å². The van der Waals surface area contributed by atoms with Crippen LogP contribution in [0.3, 0.4) is 0 Å². The Hall–Kier alpha value is -4.05. The lowest BCUT2D eigenvalue weighted by Crippen LogP contribution is -2.21. The number of nitrogens with one attached hydrogen (secondary N) is 2. The molecule has 0 aliphatic carbocycles. The normalized spacial score (nSPS) is 12.6. The topological polar surface area (TPSA) is 120 Å². The first-order chi connectivity index (χ1) is 17.2. The molecule has 36 heavy (non-hydrogen) atoms. The van der Waals surface area contributed by atoms with Gasteiger partial charge >= 0.3 is 5.97 Å². The van der Waals surface area contributed by atoms with Crippen LogP contribution in [0.25, 0.3) is 0 Å². The summed E-state index contributed by atoms with van der Waals surface area (Å²) in [5.74, 6) is 0.0521. The Morgan fingerprint density at radius 2 is 1.53 bits per heavy atom. The van der Waals surface area contributed by atoms with Crippen molar-refractivity contribution in [2.45, 2.75) is 24.7 Å². The van der Waals surface area contributed by atoms with E-state index in [9.17, 15) is 18.0 Å². The number of sulfonamides is 1. The molecule has 0 bridgehead atoms. The van der Waals surface area contributed by atoms with Crippen LogP contribution < -0.4 is 19.5 Å². The molecule has 1 aliphatic rings. The van der Waals surface area contributed by atoms with Crippen LogP contribution in [-0.4, -0.2) is 40.1 Å². The molecule has 0 saturated heterocycles. The Morgan fingerprint density at radius 3 is 2.19 bits per heavy atom. The second-order valence-electron chi connectivity index (χ2n) is 8.39. The van der Waals surface area contributed by atoms with Crippen molar-refractivity contribution in [1.82, 2.24) is 0 Å². The van der Waals surface area contributed by atoms with E-state index in [0.717, 1.165) is 5.56 Å². The minimum atomic E-state index is -3.89. The highest BCUT2D eigenvalue weighted by atomic mass is 32.2. The monoisotopic (exact) mass is 510 g/mol. The van der Waals surface area contributed by atoms with E-state index in [1.165, 1.54) is 36.4 Å². The largest absolute Gasteiger partial charge is 0.486 e. The number of anilines is 2. The van der Waals surface area contributed by atoms with Gasteiger partial charge in [0.1, 0.15) is 13.2 Å². The number of hydrogen-bond acceptors (Lipinski definition) is 7. The Labute approximate surface area is 209 Å². The number of esters is 1. The summed E-state index contributed by atoms with van der Waals surface area (Å²) in [4.78, 5) is 24.4. The SMILES string of the molecule is CC(C)c1ccc(NC(=O)COC(=O)c2ccc(NS(=O)(=O)c3ccc4c(c3)OCCO4)cc2)cc1. The van der Waals surface area contributed by atoms with E-state index in [0.29, 0.717) is 36.3 Å². The van der Waals surface area contributed by atoms with E-state index in [2.05, 4.69) is 23.9 Å². The van der Waals surface area contributed by atoms with Crippen molar-refractivity contribution in [2.75, 3.05) is 29.9 Å². The highest BCUT2D eigenvalue weighted by molar-refractivity contribution is 7.92. The lowest BCUT2D eigenvalue weighted by Gasteiger charge is -2.19. The molecule has 2 N–H and O–H groups in total. The van der Waals surface area contributed by atoms with Crippen molar-refractivity contribution in [1.29, 1.82) is 0 Å². The van der Waals surface area contributed by atoms with Gasteiger partial charge in [0.2, 0.25) is 0 Å². The molecule has 1 aliphatic heterocycles. The van der Waals surface area contributed by atoms with E-state index in [-0.39, 0.29) is 16.1 Å². The molecular weight excluding hydrogens is 484 g/mol. The third-order valence-electron chi connectivity index (χ3n) is 5.39. The third-order valence-corrected chi connectivity index (χ3v) is 6.77. The number of benzene rings is 3. The number of fused-ring (bicyclic) bond motifs is 1. The quantitative estimate of drug-likeness (QED) is 0.436. The minimum Gasteiger partial charge on any atom is -0.486 e. The first-order valence-electron chi connectivity index (χ1n) is 11.3. The van der Waals surface area contributed by atoms with E-state index < -0.39 is 28.5 Å². The molecule has 1 heterocycles. The lowest BCUT2D eigenvalue weighted by atomic mass is 10.0. The fraction of sp³-hybridized carbons (Fsp3) is 0.231. The number of amides is 1. The average Bonchev–Trinajstić information content (AvgIpc) is 2.87. The van der Waals surface area contributed by atoms with Crippen LogP contribution in [0.5, 0.6) is 11.5 Å². The molecule has 188 valence electrons. The molecule has 0 fully saturated rings. The maximum absolute atomic E-state index is 12.7. The van der Waals surface area contributed by atoms with Crippen molar-refractivity contribution in [2.24, 2.45) is 0 Å². The second kappa shape index (κ2) is 10.7.